The fourth-order valence-electron chi connectivity index (χ4n) is 4.75. The van der Waals surface area contributed by atoms with E-state index in [9.17, 15) is 40.3 Å². The average Bonchev–Trinajstić information content (AvgIpc) is 3.53. The number of fused-ring (bicyclic) bond motifs is 1. The van der Waals surface area contributed by atoms with Crippen molar-refractivity contribution < 1.29 is 55.0 Å². The van der Waals surface area contributed by atoms with E-state index in [2.05, 4.69) is 10.3 Å². The van der Waals surface area contributed by atoms with Crippen molar-refractivity contribution in [1.29, 1.82) is 0 Å². The molecule has 0 aromatic heterocycles. The normalized spacial score (nSPS) is 24.7. The summed E-state index contributed by atoms with van der Waals surface area (Å²) in [4.78, 5) is 40.0. The highest BCUT2D eigenvalue weighted by atomic mass is 19.4. The number of carboxylic acid groups (broad SMARTS) is 1. The minimum absolute atomic E-state index is 0.0979. The van der Waals surface area contributed by atoms with E-state index in [-0.39, 0.29) is 42.7 Å². The maximum atomic E-state index is 14.7. The summed E-state index contributed by atoms with van der Waals surface area (Å²) in [7, 11) is 0. The number of ether oxygens (including phenoxy) is 1. The Kier molecular flexibility index (Phi) is 8.31. The lowest BCUT2D eigenvalue weighted by Gasteiger charge is -2.39. The first-order valence-electron chi connectivity index (χ1n) is 12.4. The second kappa shape index (κ2) is 10.7. The highest BCUT2D eigenvalue weighted by Gasteiger charge is 2.49. The minimum Gasteiger partial charge on any atom is -0.487 e. The third-order valence-electron chi connectivity index (χ3n) is 6.68. The van der Waals surface area contributed by atoms with Crippen molar-refractivity contribution in [1.82, 2.24) is 10.2 Å². The molecule has 1 aromatic rings. The maximum Gasteiger partial charge on any atom is 0.490 e. The van der Waals surface area contributed by atoms with E-state index < -0.39 is 64.5 Å². The Morgan fingerprint density at radius 3 is 2.27 bits per heavy atom. The van der Waals surface area contributed by atoms with E-state index in [1.54, 1.807) is 27.7 Å². The van der Waals surface area contributed by atoms with Gasteiger partial charge in [0.25, 0.3) is 0 Å². The number of amides is 2. The molecule has 41 heavy (non-hydrogen) atoms. The predicted octanol–water partition coefficient (Wildman–Crippen LogP) is 4.16. The molecular formula is C25H29F7N4O5. The number of carboxylic acids is 1. The molecule has 1 unspecified atom stereocenters. The Morgan fingerprint density at radius 2 is 1.76 bits per heavy atom. The van der Waals surface area contributed by atoms with Crippen molar-refractivity contribution >= 4 is 23.7 Å². The number of hydrogen-bond acceptors (Lipinski definition) is 6. The van der Waals surface area contributed by atoms with Crippen LogP contribution in [-0.4, -0.2) is 57.6 Å². The van der Waals surface area contributed by atoms with Crippen LogP contribution in [0.5, 0.6) is 5.75 Å². The number of aliphatic imine (C=N–C) groups is 1. The van der Waals surface area contributed by atoms with Gasteiger partial charge >= 0.3 is 18.3 Å². The molecule has 16 heteroatoms. The molecular weight excluding hydrogens is 569 g/mol. The molecule has 1 fully saturated rings. The number of benzene rings is 1. The number of guanidine groups is 1. The highest BCUT2D eigenvalue weighted by Crippen LogP contribution is 2.48. The topological polar surface area (TPSA) is 134 Å². The third kappa shape index (κ3) is 7.58. The number of nitrogens with two attached hydrogens (primary N) is 1. The Hall–Kier alpha value is -3.59. The van der Waals surface area contributed by atoms with Gasteiger partial charge in [0, 0.05) is 18.9 Å². The third-order valence-corrected chi connectivity index (χ3v) is 6.68. The smallest absolute Gasteiger partial charge is 0.487 e. The first-order chi connectivity index (χ1) is 18.5. The van der Waals surface area contributed by atoms with Crippen LogP contribution in [0.2, 0.25) is 0 Å². The lowest BCUT2D eigenvalue weighted by atomic mass is 9.87. The van der Waals surface area contributed by atoms with Crippen LogP contribution in [0.4, 0.5) is 30.7 Å². The SMILES string of the molecule is CC1(C)CC(=O)N(C[C@@H]2C[C@H]2C(=O)NC2CC(C)(C)Oc3c(C(F)(F)F)ccc(F)c32)C(N)=N1.O=C(O)C(F)(F)F. The van der Waals surface area contributed by atoms with Crippen molar-refractivity contribution in [3.05, 3.63) is 29.1 Å². The Labute approximate surface area is 229 Å². The second-order valence-electron chi connectivity index (χ2n) is 11.3. The Morgan fingerprint density at radius 1 is 1.17 bits per heavy atom. The first-order valence-corrected chi connectivity index (χ1v) is 12.4. The van der Waals surface area contributed by atoms with Crippen LogP contribution in [0, 0.1) is 17.7 Å². The number of carbonyl (C=O) groups is 3. The number of aliphatic carboxylic acids is 1. The molecule has 1 aliphatic carbocycles. The summed E-state index contributed by atoms with van der Waals surface area (Å²) >= 11 is 0. The molecule has 1 saturated carbocycles. The lowest BCUT2D eigenvalue weighted by molar-refractivity contribution is -0.192. The van der Waals surface area contributed by atoms with E-state index in [0.29, 0.717) is 12.5 Å². The van der Waals surface area contributed by atoms with Gasteiger partial charge in [0.15, 0.2) is 5.96 Å². The van der Waals surface area contributed by atoms with Crippen LogP contribution in [0.25, 0.3) is 0 Å². The van der Waals surface area contributed by atoms with Gasteiger partial charge in [-0.05, 0) is 52.2 Å². The van der Waals surface area contributed by atoms with Gasteiger partial charge in [0.1, 0.15) is 17.2 Å². The molecule has 3 atom stereocenters. The lowest BCUT2D eigenvalue weighted by Crippen LogP contribution is -2.50. The molecule has 4 rings (SSSR count). The van der Waals surface area contributed by atoms with Crippen LogP contribution in [0.1, 0.15) is 64.1 Å². The maximum absolute atomic E-state index is 14.7. The summed E-state index contributed by atoms with van der Waals surface area (Å²) in [6.07, 6.45) is -9.04. The summed E-state index contributed by atoms with van der Waals surface area (Å²) < 4.78 is 92.5. The zero-order valence-electron chi connectivity index (χ0n) is 22.4. The minimum atomic E-state index is -5.08. The highest BCUT2D eigenvalue weighted by molar-refractivity contribution is 5.99. The molecule has 0 spiro atoms. The molecule has 1 aromatic carbocycles. The molecule has 228 valence electrons. The van der Waals surface area contributed by atoms with Crippen molar-refractivity contribution in [2.75, 3.05) is 6.54 Å². The number of nitrogens with one attached hydrogen (secondary N) is 1. The number of halogens is 7. The summed E-state index contributed by atoms with van der Waals surface area (Å²) in [6, 6.07) is 0.404. The van der Waals surface area contributed by atoms with E-state index in [4.69, 9.17) is 20.4 Å². The summed E-state index contributed by atoms with van der Waals surface area (Å²) in [5.41, 5.74) is 2.93. The second-order valence-corrected chi connectivity index (χ2v) is 11.3. The summed E-state index contributed by atoms with van der Waals surface area (Å²) in [6.45, 7) is 7.01. The molecule has 0 bridgehead atoms. The zero-order chi connectivity index (χ0) is 31.3. The van der Waals surface area contributed by atoms with Gasteiger partial charge < -0.3 is 20.9 Å². The molecule has 0 saturated heterocycles. The van der Waals surface area contributed by atoms with Crippen LogP contribution in [0.3, 0.4) is 0 Å². The number of rotatable bonds is 4. The Bertz CT molecular complexity index is 1260. The van der Waals surface area contributed by atoms with E-state index in [0.717, 1.165) is 6.07 Å². The molecule has 2 aliphatic heterocycles. The largest absolute Gasteiger partial charge is 0.490 e. The fraction of sp³-hybridized carbons (Fsp3) is 0.600. The van der Waals surface area contributed by atoms with Gasteiger partial charge in [-0.25, -0.2) is 14.2 Å². The van der Waals surface area contributed by atoms with Crippen LogP contribution < -0.4 is 15.8 Å². The monoisotopic (exact) mass is 598 g/mol. The van der Waals surface area contributed by atoms with Gasteiger partial charge in [-0.1, -0.05) is 0 Å². The van der Waals surface area contributed by atoms with Gasteiger partial charge in [0.05, 0.1) is 29.1 Å². The fourth-order valence-corrected chi connectivity index (χ4v) is 4.75. The molecule has 9 nitrogen and oxygen atoms in total. The van der Waals surface area contributed by atoms with Gasteiger partial charge in [-0.3, -0.25) is 14.5 Å². The van der Waals surface area contributed by atoms with E-state index in [1.165, 1.54) is 4.90 Å². The van der Waals surface area contributed by atoms with Gasteiger partial charge in [-0.2, -0.15) is 26.3 Å². The van der Waals surface area contributed by atoms with Crippen molar-refractivity contribution in [2.45, 2.75) is 76.5 Å². The predicted molar refractivity (Wildman–Crippen MR) is 129 cm³/mol. The number of carbonyl (C=O) groups excluding carboxylic acids is 2. The van der Waals surface area contributed by atoms with Crippen LogP contribution in [-0.2, 0) is 20.6 Å². The van der Waals surface area contributed by atoms with Crippen LogP contribution >= 0.6 is 0 Å². The zero-order valence-corrected chi connectivity index (χ0v) is 22.4. The molecule has 4 N–H and O–H groups in total. The Balaban J connectivity index is 0.000000587. The molecule has 0 radical (unpaired) electrons. The average molecular weight is 599 g/mol. The van der Waals surface area contributed by atoms with E-state index in [1.807, 2.05) is 0 Å². The molecule has 2 heterocycles. The summed E-state index contributed by atoms with van der Waals surface area (Å²) in [5, 5.41) is 9.85. The van der Waals surface area contributed by atoms with Gasteiger partial charge in [0.2, 0.25) is 11.8 Å². The van der Waals surface area contributed by atoms with Crippen LogP contribution in [0.15, 0.2) is 17.1 Å². The van der Waals surface area contributed by atoms with Gasteiger partial charge in [-0.15, -0.1) is 0 Å². The van der Waals surface area contributed by atoms with Crippen molar-refractivity contribution in [3.63, 3.8) is 0 Å². The number of alkyl halides is 6. The first kappa shape index (κ1) is 31.9. The number of nitrogens with zero attached hydrogens (tertiary/aromatic N) is 2. The standard InChI is InChI=1S/C23H28F4N4O3.C2HF3O2/c1-21(2)9-16(32)31(20(28)30-21)10-11-7-12(11)19(33)29-15-8-22(3,4)34-18-13(23(25,26)27)5-6-14(24)17(15)18;3-2(4,5)1(6)7/h5-6,11-12,15H,7-10H2,1-4H3,(H2,28,30)(H,29,33);(H,6,7)/t11-,12+,15?;/m0./s1. The van der Waals surface area contributed by atoms with E-state index >= 15 is 0 Å². The quantitative estimate of drug-likeness (QED) is 0.446. The number of hydrogen-bond donors (Lipinski definition) is 3. The molecule has 2 amide bonds. The van der Waals surface area contributed by atoms with Crippen molar-refractivity contribution in [2.24, 2.45) is 22.6 Å². The molecule has 3 aliphatic rings. The van der Waals surface area contributed by atoms with Crippen molar-refractivity contribution in [3.8, 4) is 5.75 Å². The summed E-state index contributed by atoms with van der Waals surface area (Å²) in [5.74, 6) is -5.33.